The van der Waals surface area contributed by atoms with Crippen LogP contribution in [-0.2, 0) is 13.0 Å². The van der Waals surface area contributed by atoms with E-state index in [1.54, 1.807) is 6.33 Å². The number of nitrogens with zero attached hydrogens (tertiary/aromatic N) is 2. The smallest absolute Gasteiger partial charge is 0.178 e. The molecule has 2 aromatic rings. The van der Waals surface area contributed by atoms with Gasteiger partial charge in [0.25, 0.3) is 0 Å². The summed E-state index contributed by atoms with van der Waals surface area (Å²) in [5.74, 6) is 0. The molecule has 2 heterocycles. The Balaban J connectivity index is 2.15. The molecule has 0 amide bonds. The van der Waals surface area contributed by atoms with Crippen molar-refractivity contribution in [2.45, 2.75) is 33.7 Å². The van der Waals surface area contributed by atoms with E-state index in [4.69, 9.17) is 0 Å². The standard InChI is InChI=1S/C13H18N3/c1-10-6-11(2)16(12(3)7-10)5-4-13-8-14-9-15-13/h6-9H,4-5H2,1-3H3,(H,14,15)/q+1. The van der Waals surface area contributed by atoms with Gasteiger partial charge in [0.1, 0.15) is 0 Å². The lowest BCUT2D eigenvalue weighted by atomic mass is 10.2. The maximum atomic E-state index is 4.03. The van der Waals surface area contributed by atoms with Crippen LogP contribution in [0.5, 0.6) is 0 Å². The molecule has 16 heavy (non-hydrogen) atoms. The molecule has 3 nitrogen and oxygen atoms in total. The molecule has 0 aromatic carbocycles. The number of aromatic nitrogens is 3. The van der Waals surface area contributed by atoms with Gasteiger partial charge in [0.2, 0.25) is 0 Å². The van der Waals surface area contributed by atoms with Gasteiger partial charge in [0, 0.05) is 44.3 Å². The average molecular weight is 216 g/mol. The molecule has 2 aromatic heterocycles. The van der Waals surface area contributed by atoms with Crippen LogP contribution >= 0.6 is 0 Å². The quantitative estimate of drug-likeness (QED) is 0.780. The van der Waals surface area contributed by atoms with Gasteiger partial charge in [-0.15, -0.1) is 0 Å². The second-order valence-electron chi connectivity index (χ2n) is 4.29. The second-order valence-corrected chi connectivity index (χ2v) is 4.29. The first-order chi connectivity index (χ1) is 7.66. The van der Waals surface area contributed by atoms with E-state index in [1.165, 1.54) is 22.6 Å². The number of pyridine rings is 1. The Labute approximate surface area is 96.2 Å². The molecule has 0 atom stereocenters. The summed E-state index contributed by atoms with van der Waals surface area (Å²) in [4.78, 5) is 7.16. The van der Waals surface area contributed by atoms with Crippen molar-refractivity contribution >= 4 is 0 Å². The third-order valence-corrected chi connectivity index (χ3v) is 2.88. The third kappa shape index (κ3) is 2.30. The first-order valence-electron chi connectivity index (χ1n) is 5.62. The Morgan fingerprint density at radius 1 is 1.19 bits per heavy atom. The zero-order chi connectivity index (χ0) is 11.5. The van der Waals surface area contributed by atoms with Crippen LogP contribution in [0.3, 0.4) is 0 Å². The van der Waals surface area contributed by atoms with Crippen LogP contribution in [0.1, 0.15) is 22.6 Å². The summed E-state index contributed by atoms with van der Waals surface area (Å²) in [7, 11) is 0. The Hall–Kier alpha value is -1.64. The van der Waals surface area contributed by atoms with Gasteiger partial charge in [-0.25, -0.2) is 4.98 Å². The van der Waals surface area contributed by atoms with Gasteiger partial charge < -0.3 is 4.98 Å². The normalized spacial score (nSPS) is 10.7. The fourth-order valence-electron chi connectivity index (χ4n) is 2.14. The summed E-state index contributed by atoms with van der Waals surface area (Å²) < 4.78 is 2.34. The summed E-state index contributed by atoms with van der Waals surface area (Å²) in [6.45, 7) is 7.46. The van der Waals surface area contributed by atoms with Crippen molar-refractivity contribution in [2.75, 3.05) is 0 Å². The zero-order valence-corrected chi connectivity index (χ0v) is 10.1. The van der Waals surface area contributed by atoms with Gasteiger partial charge in [-0.2, -0.15) is 4.57 Å². The first kappa shape index (κ1) is 10.9. The summed E-state index contributed by atoms with van der Waals surface area (Å²) in [5.41, 5.74) is 5.15. The van der Waals surface area contributed by atoms with E-state index in [0.717, 1.165) is 13.0 Å². The van der Waals surface area contributed by atoms with Crippen molar-refractivity contribution in [1.82, 2.24) is 9.97 Å². The van der Waals surface area contributed by atoms with E-state index in [0.29, 0.717) is 0 Å². The molecule has 84 valence electrons. The fourth-order valence-corrected chi connectivity index (χ4v) is 2.14. The third-order valence-electron chi connectivity index (χ3n) is 2.88. The minimum absolute atomic E-state index is 0.995. The maximum Gasteiger partial charge on any atom is 0.178 e. The minimum atomic E-state index is 0.995. The number of H-pyrrole nitrogens is 1. The molecule has 2 rings (SSSR count). The Kier molecular flexibility index (Phi) is 3.04. The van der Waals surface area contributed by atoms with E-state index in [1.807, 2.05) is 6.20 Å². The van der Waals surface area contributed by atoms with Crippen molar-refractivity contribution in [3.63, 3.8) is 0 Å². The number of nitrogens with one attached hydrogen (secondary N) is 1. The van der Waals surface area contributed by atoms with Gasteiger partial charge >= 0.3 is 0 Å². The number of rotatable bonds is 3. The highest BCUT2D eigenvalue weighted by Crippen LogP contribution is 2.02. The lowest BCUT2D eigenvalue weighted by Gasteiger charge is -2.04. The number of hydrogen-bond acceptors (Lipinski definition) is 1. The molecular formula is C13H18N3+. The van der Waals surface area contributed by atoms with Gasteiger partial charge in [0.05, 0.1) is 6.33 Å². The highest BCUT2D eigenvalue weighted by atomic mass is 15.0. The molecule has 0 aliphatic rings. The van der Waals surface area contributed by atoms with Gasteiger partial charge in [-0.05, 0) is 12.5 Å². The first-order valence-corrected chi connectivity index (χ1v) is 5.62. The maximum absolute atomic E-state index is 4.03. The number of aromatic amines is 1. The lowest BCUT2D eigenvalue weighted by Crippen LogP contribution is -2.41. The minimum Gasteiger partial charge on any atom is -0.348 e. The summed E-state index contributed by atoms with van der Waals surface area (Å²) in [6, 6.07) is 4.44. The zero-order valence-electron chi connectivity index (χ0n) is 10.1. The Morgan fingerprint density at radius 2 is 1.88 bits per heavy atom. The van der Waals surface area contributed by atoms with Crippen molar-refractivity contribution in [3.05, 3.63) is 47.3 Å². The lowest BCUT2D eigenvalue weighted by molar-refractivity contribution is -0.708. The fraction of sp³-hybridized carbons (Fsp3) is 0.385. The topological polar surface area (TPSA) is 32.6 Å². The number of imidazole rings is 1. The van der Waals surface area contributed by atoms with Crippen LogP contribution in [0.4, 0.5) is 0 Å². The molecular weight excluding hydrogens is 198 g/mol. The highest BCUT2D eigenvalue weighted by molar-refractivity contribution is 5.13. The van der Waals surface area contributed by atoms with E-state index < -0.39 is 0 Å². The van der Waals surface area contributed by atoms with Crippen molar-refractivity contribution in [1.29, 1.82) is 0 Å². The molecule has 0 unspecified atom stereocenters. The summed E-state index contributed by atoms with van der Waals surface area (Å²) in [5, 5.41) is 0. The highest BCUT2D eigenvalue weighted by Gasteiger charge is 2.11. The summed E-state index contributed by atoms with van der Waals surface area (Å²) >= 11 is 0. The van der Waals surface area contributed by atoms with Gasteiger partial charge in [-0.1, -0.05) is 0 Å². The Morgan fingerprint density at radius 3 is 2.44 bits per heavy atom. The number of hydrogen-bond donors (Lipinski definition) is 1. The molecule has 0 radical (unpaired) electrons. The predicted molar refractivity (Wildman–Crippen MR) is 63.1 cm³/mol. The summed E-state index contributed by atoms with van der Waals surface area (Å²) in [6.07, 6.45) is 4.61. The van der Waals surface area contributed by atoms with Crippen molar-refractivity contribution in [2.24, 2.45) is 0 Å². The van der Waals surface area contributed by atoms with Crippen molar-refractivity contribution in [3.8, 4) is 0 Å². The van der Waals surface area contributed by atoms with Crippen LogP contribution in [0.25, 0.3) is 0 Å². The molecule has 0 bridgehead atoms. The van der Waals surface area contributed by atoms with Crippen molar-refractivity contribution < 1.29 is 4.57 Å². The largest absolute Gasteiger partial charge is 0.348 e. The van der Waals surface area contributed by atoms with Crippen LogP contribution < -0.4 is 4.57 Å². The predicted octanol–water partition coefficient (Wildman–Crippen LogP) is 1.87. The SMILES string of the molecule is Cc1cc(C)[n+](CCc2cnc[nH]2)c(C)c1. The average Bonchev–Trinajstić information content (AvgIpc) is 2.68. The van der Waals surface area contributed by atoms with E-state index in [-0.39, 0.29) is 0 Å². The van der Waals surface area contributed by atoms with Crippen LogP contribution in [0.15, 0.2) is 24.7 Å². The van der Waals surface area contributed by atoms with Crippen LogP contribution in [0, 0.1) is 20.8 Å². The Bertz CT molecular complexity index is 449. The molecule has 0 saturated carbocycles. The molecule has 0 aliphatic heterocycles. The molecule has 1 N–H and O–H groups in total. The van der Waals surface area contributed by atoms with E-state index in [9.17, 15) is 0 Å². The molecule has 0 spiro atoms. The van der Waals surface area contributed by atoms with Crippen LogP contribution in [0.2, 0.25) is 0 Å². The number of aryl methyl sites for hydroxylation is 4. The molecule has 3 heteroatoms. The monoisotopic (exact) mass is 216 g/mol. The molecule has 0 saturated heterocycles. The molecule has 0 fully saturated rings. The molecule has 0 aliphatic carbocycles. The second kappa shape index (κ2) is 4.47. The van der Waals surface area contributed by atoms with Crippen LogP contribution in [-0.4, -0.2) is 9.97 Å². The van der Waals surface area contributed by atoms with E-state index in [2.05, 4.69) is 47.4 Å². The van der Waals surface area contributed by atoms with E-state index >= 15 is 0 Å². The van der Waals surface area contributed by atoms with Gasteiger partial charge in [0.15, 0.2) is 17.9 Å². The van der Waals surface area contributed by atoms with Gasteiger partial charge in [-0.3, -0.25) is 0 Å².